The number of amides is 2. The Balaban J connectivity index is 1.66. The number of hydrogen-bond acceptors (Lipinski definition) is 3. The maximum absolute atomic E-state index is 13.3. The van der Waals surface area contributed by atoms with E-state index in [4.69, 9.17) is 11.6 Å². The third kappa shape index (κ3) is 4.35. The third-order valence-electron chi connectivity index (χ3n) is 4.95. The zero-order valence-corrected chi connectivity index (χ0v) is 18.0. The number of hydrogen-bond donors (Lipinski definition) is 0. The molecule has 0 saturated carbocycles. The molecule has 3 nitrogen and oxygen atoms in total. The summed E-state index contributed by atoms with van der Waals surface area (Å²) in [5.74, 6) is 0.125. The molecule has 0 unspecified atom stereocenters. The molecule has 0 spiro atoms. The van der Waals surface area contributed by atoms with Crippen molar-refractivity contribution in [2.75, 3.05) is 0 Å². The Morgan fingerprint density at radius 3 is 2.13 bits per heavy atom. The first kappa shape index (κ1) is 20.5. The van der Waals surface area contributed by atoms with Gasteiger partial charge >= 0.3 is 0 Å². The number of imide groups is 1. The van der Waals surface area contributed by atoms with Crippen molar-refractivity contribution in [3.05, 3.63) is 111 Å². The molecule has 0 aromatic heterocycles. The van der Waals surface area contributed by atoms with Gasteiger partial charge in [-0.25, -0.2) is 0 Å². The van der Waals surface area contributed by atoms with Gasteiger partial charge in [0.25, 0.3) is 11.8 Å². The summed E-state index contributed by atoms with van der Waals surface area (Å²) >= 11 is 7.38. The van der Waals surface area contributed by atoms with Crippen molar-refractivity contribution in [3.63, 3.8) is 0 Å². The Morgan fingerprint density at radius 1 is 0.800 bits per heavy atom. The molecule has 0 radical (unpaired) electrons. The average Bonchev–Trinajstić information content (AvgIpc) is 2.99. The highest BCUT2D eigenvalue weighted by Gasteiger charge is 2.39. The highest BCUT2D eigenvalue weighted by molar-refractivity contribution is 8.03. The molecule has 0 atom stereocenters. The van der Waals surface area contributed by atoms with Crippen molar-refractivity contribution in [3.8, 4) is 0 Å². The minimum atomic E-state index is -0.255. The second-order valence-electron chi connectivity index (χ2n) is 7.17. The SMILES string of the molecule is Cc1ccc(C2=C(SCc3ccccc3)C(=O)N(Cc3ccc(Cl)cc3)C2=O)cc1. The van der Waals surface area contributed by atoms with E-state index in [0.29, 0.717) is 21.3 Å². The summed E-state index contributed by atoms with van der Waals surface area (Å²) in [5, 5.41) is 0.621. The molecule has 0 N–H and O–H groups in total. The van der Waals surface area contributed by atoms with Crippen LogP contribution in [-0.2, 0) is 21.9 Å². The van der Waals surface area contributed by atoms with Crippen LogP contribution in [0.1, 0.15) is 22.3 Å². The van der Waals surface area contributed by atoms with Crippen LogP contribution in [0.5, 0.6) is 0 Å². The van der Waals surface area contributed by atoms with E-state index in [9.17, 15) is 9.59 Å². The molecule has 2 amide bonds. The highest BCUT2D eigenvalue weighted by Crippen LogP contribution is 2.38. The summed E-state index contributed by atoms with van der Waals surface area (Å²) < 4.78 is 0. The van der Waals surface area contributed by atoms with Gasteiger partial charge in [-0.1, -0.05) is 83.9 Å². The first-order valence-corrected chi connectivity index (χ1v) is 11.0. The fourth-order valence-electron chi connectivity index (χ4n) is 3.31. The minimum absolute atomic E-state index is 0.222. The Bertz CT molecular complexity index is 1110. The fraction of sp³-hybridized carbons (Fsp3) is 0.120. The molecule has 0 saturated heterocycles. The lowest BCUT2D eigenvalue weighted by Crippen LogP contribution is -2.30. The topological polar surface area (TPSA) is 37.4 Å². The molecule has 1 aliphatic heterocycles. The van der Waals surface area contributed by atoms with E-state index in [2.05, 4.69) is 0 Å². The van der Waals surface area contributed by atoms with Gasteiger partial charge in [-0.15, -0.1) is 11.8 Å². The Kier molecular flexibility index (Phi) is 6.07. The molecule has 1 aliphatic rings. The molecular formula is C25H20ClNO2S. The number of carbonyl (C=O) groups excluding carboxylic acids is 2. The first-order chi connectivity index (χ1) is 14.5. The van der Waals surface area contributed by atoms with Gasteiger partial charge < -0.3 is 0 Å². The number of aryl methyl sites for hydroxylation is 1. The van der Waals surface area contributed by atoms with Gasteiger partial charge in [0.1, 0.15) is 0 Å². The van der Waals surface area contributed by atoms with Gasteiger partial charge in [0.05, 0.1) is 17.0 Å². The van der Waals surface area contributed by atoms with E-state index in [1.54, 1.807) is 12.1 Å². The molecule has 150 valence electrons. The molecule has 3 aromatic rings. The highest BCUT2D eigenvalue weighted by atomic mass is 35.5. The lowest BCUT2D eigenvalue weighted by molar-refractivity contribution is -0.137. The van der Waals surface area contributed by atoms with Gasteiger partial charge in [-0.3, -0.25) is 14.5 Å². The van der Waals surface area contributed by atoms with Gasteiger partial charge in [0, 0.05) is 10.8 Å². The minimum Gasteiger partial charge on any atom is -0.269 e. The van der Waals surface area contributed by atoms with Crippen LogP contribution in [0, 0.1) is 6.92 Å². The van der Waals surface area contributed by atoms with Crippen molar-refractivity contribution in [2.45, 2.75) is 19.2 Å². The third-order valence-corrected chi connectivity index (χ3v) is 6.34. The molecule has 0 aliphatic carbocycles. The normalized spacial score (nSPS) is 14.0. The number of benzene rings is 3. The van der Waals surface area contributed by atoms with E-state index in [0.717, 1.165) is 22.3 Å². The van der Waals surface area contributed by atoms with Crippen LogP contribution < -0.4 is 0 Å². The number of nitrogens with zero attached hydrogens (tertiary/aromatic N) is 1. The van der Waals surface area contributed by atoms with Crippen molar-refractivity contribution in [1.29, 1.82) is 0 Å². The van der Waals surface area contributed by atoms with E-state index in [-0.39, 0.29) is 18.4 Å². The Labute approximate surface area is 185 Å². The molecule has 3 aromatic carbocycles. The lowest BCUT2D eigenvalue weighted by atomic mass is 10.0. The molecule has 0 bridgehead atoms. The van der Waals surface area contributed by atoms with Crippen molar-refractivity contribution >= 4 is 40.8 Å². The average molecular weight is 434 g/mol. The molecule has 5 heteroatoms. The van der Waals surface area contributed by atoms with Gasteiger partial charge in [0.15, 0.2) is 0 Å². The van der Waals surface area contributed by atoms with Crippen LogP contribution in [0.4, 0.5) is 0 Å². The largest absolute Gasteiger partial charge is 0.269 e. The quantitative estimate of drug-likeness (QED) is 0.457. The predicted molar refractivity (Wildman–Crippen MR) is 123 cm³/mol. The molecule has 0 fully saturated rings. The maximum atomic E-state index is 13.3. The summed E-state index contributed by atoms with van der Waals surface area (Å²) in [7, 11) is 0. The zero-order valence-electron chi connectivity index (χ0n) is 16.5. The number of carbonyl (C=O) groups is 2. The van der Waals surface area contributed by atoms with E-state index in [1.165, 1.54) is 16.7 Å². The lowest BCUT2D eigenvalue weighted by Gasteiger charge is -2.15. The predicted octanol–water partition coefficient (Wildman–Crippen LogP) is 5.86. The summed E-state index contributed by atoms with van der Waals surface area (Å²) in [6.45, 7) is 2.22. The summed E-state index contributed by atoms with van der Waals surface area (Å²) in [4.78, 5) is 28.4. The van der Waals surface area contributed by atoms with Crippen molar-refractivity contribution in [2.24, 2.45) is 0 Å². The summed E-state index contributed by atoms with van der Waals surface area (Å²) in [5.41, 5.74) is 4.32. The van der Waals surface area contributed by atoms with E-state index in [1.807, 2.05) is 73.7 Å². The van der Waals surface area contributed by atoms with Gasteiger partial charge in [-0.2, -0.15) is 0 Å². The zero-order chi connectivity index (χ0) is 21.1. The van der Waals surface area contributed by atoms with Crippen molar-refractivity contribution in [1.82, 2.24) is 4.90 Å². The first-order valence-electron chi connectivity index (χ1n) is 9.61. The van der Waals surface area contributed by atoms with Crippen LogP contribution in [-0.4, -0.2) is 16.7 Å². The standard InChI is InChI=1S/C25H20ClNO2S/c1-17-7-11-20(12-8-17)22-23(30-16-19-5-3-2-4-6-19)25(29)27(24(22)28)15-18-9-13-21(26)14-10-18/h2-14H,15-16H2,1H3. The fourth-order valence-corrected chi connectivity index (χ4v) is 4.52. The molecule has 30 heavy (non-hydrogen) atoms. The Hall–Kier alpha value is -2.82. The second kappa shape index (κ2) is 8.90. The molecule has 4 rings (SSSR count). The van der Waals surface area contributed by atoms with Crippen LogP contribution in [0.15, 0.2) is 83.8 Å². The Morgan fingerprint density at radius 2 is 1.47 bits per heavy atom. The van der Waals surface area contributed by atoms with Crippen LogP contribution >= 0.6 is 23.4 Å². The van der Waals surface area contributed by atoms with Crippen LogP contribution in [0.3, 0.4) is 0 Å². The number of halogens is 1. The second-order valence-corrected chi connectivity index (χ2v) is 8.59. The van der Waals surface area contributed by atoms with Crippen LogP contribution in [0.2, 0.25) is 5.02 Å². The number of thioether (sulfide) groups is 1. The van der Waals surface area contributed by atoms with E-state index >= 15 is 0 Å². The smallest absolute Gasteiger partial charge is 0.268 e. The summed E-state index contributed by atoms with van der Waals surface area (Å²) in [6.07, 6.45) is 0. The maximum Gasteiger partial charge on any atom is 0.268 e. The van der Waals surface area contributed by atoms with Gasteiger partial charge in [-0.05, 0) is 35.7 Å². The van der Waals surface area contributed by atoms with Gasteiger partial charge in [0.2, 0.25) is 0 Å². The number of rotatable bonds is 6. The monoisotopic (exact) mass is 433 g/mol. The van der Waals surface area contributed by atoms with E-state index < -0.39 is 0 Å². The van der Waals surface area contributed by atoms with Crippen molar-refractivity contribution < 1.29 is 9.59 Å². The summed E-state index contributed by atoms with van der Waals surface area (Å²) in [6, 6.07) is 24.9. The molecule has 1 heterocycles. The molecular weight excluding hydrogens is 414 g/mol. The van der Waals surface area contributed by atoms with Crippen LogP contribution in [0.25, 0.3) is 5.57 Å².